The van der Waals surface area contributed by atoms with Gasteiger partial charge in [0.15, 0.2) is 0 Å². The first-order chi connectivity index (χ1) is 11.8. The lowest BCUT2D eigenvalue weighted by molar-refractivity contribution is 0.393. The van der Waals surface area contributed by atoms with E-state index in [0.717, 1.165) is 23.8 Å². The summed E-state index contributed by atoms with van der Waals surface area (Å²) in [7, 11) is -3.85. The van der Waals surface area contributed by atoms with Gasteiger partial charge in [0.05, 0.1) is 27.7 Å². The topological polar surface area (TPSA) is 85.3 Å². The van der Waals surface area contributed by atoms with Crippen molar-refractivity contribution in [2.24, 2.45) is 0 Å². The fourth-order valence-corrected chi connectivity index (χ4v) is 3.60. The zero-order valence-electron chi connectivity index (χ0n) is 13.3. The van der Waals surface area contributed by atoms with E-state index in [2.05, 4.69) is 9.88 Å². The van der Waals surface area contributed by atoms with Gasteiger partial charge < -0.3 is 8.94 Å². The number of aromatic nitrogens is 1. The molecule has 25 heavy (non-hydrogen) atoms. The summed E-state index contributed by atoms with van der Waals surface area (Å²) in [6.07, 6.45) is 0. The van der Waals surface area contributed by atoms with Gasteiger partial charge in [0.1, 0.15) is 23.1 Å². The first kappa shape index (κ1) is 17.7. The van der Waals surface area contributed by atoms with Crippen molar-refractivity contribution in [2.75, 3.05) is 0 Å². The average Bonchev–Trinajstić information content (AvgIpc) is 3.14. The van der Waals surface area contributed by atoms with Gasteiger partial charge in [-0.25, -0.2) is 17.5 Å². The Kier molecular flexibility index (Phi) is 4.68. The molecule has 0 aliphatic heterocycles. The van der Waals surface area contributed by atoms with Gasteiger partial charge in [-0.3, -0.25) is 0 Å². The Morgan fingerprint density at radius 2 is 2.00 bits per heavy atom. The first-order valence-corrected chi connectivity index (χ1v) is 9.11. The average molecular weight is 385 g/mol. The van der Waals surface area contributed by atoms with Crippen molar-refractivity contribution in [2.45, 2.75) is 25.3 Å². The summed E-state index contributed by atoms with van der Waals surface area (Å²) in [5.74, 6) is 0.873. The Hall–Kier alpha value is -2.16. The van der Waals surface area contributed by atoms with Crippen molar-refractivity contribution in [1.29, 1.82) is 0 Å². The largest absolute Gasteiger partial charge is 0.459 e. The molecule has 0 unspecified atom stereocenters. The van der Waals surface area contributed by atoms with Crippen LogP contribution in [0.15, 0.2) is 44.2 Å². The van der Waals surface area contributed by atoms with E-state index < -0.39 is 15.8 Å². The van der Waals surface area contributed by atoms with Gasteiger partial charge >= 0.3 is 0 Å². The zero-order chi connectivity index (χ0) is 18.2. The number of nitrogens with one attached hydrogen (secondary N) is 1. The van der Waals surface area contributed by atoms with Gasteiger partial charge in [0.25, 0.3) is 0 Å². The van der Waals surface area contributed by atoms with Crippen LogP contribution in [-0.4, -0.2) is 13.6 Å². The zero-order valence-corrected chi connectivity index (χ0v) is 14.9. The van der Waals surface area contributed by atoms with Gasteiger partial charge in [0.2, 0.25) is 10.0 Å². The minimum atomic E-state index is -3.85. The molecule has 6 nitrogen and oxygen atoms in total. The van der Waals surface area contributed by atoms with E-state index in [0.29, 0.717) is 23.0 Å². The highest BCUT2D eigenvalue weighted by Crippen LogP contribution is 2.28. The normalized spacial score (nSPS) is 11.8. The first-order valence-electron chi connectivity index (χ1n) is 7.24. The van der Waals surface area contributed by atoms with E-state index in [1.807, 2.05) is 0 Å². The Morgan fingerprint density at radius 3 is 2.64 bits per heavy atom. The summed E-state index contributed by atoms with van der Waals surface area (Å²) in [5.41, 5.74) is 1.42. The molecular weight excluding hydrogens is 371 g/mol. The molecule has 0 saturated heterocycles. The fraction of sp³-hybridized carbons (Fsp3) is 0.188. The van der Waals surface area contributed by atoms with Crippen LogP contribution in [0.3, 0.4) is 0 Å². The van der Waals surface area contributed by atoms with Crippen LogP contribution in [0, 0.1) is 19.7 Å². The minimum Gasteiger partial charge on any atom is -0.459 e. The van der Waals surface area contributed by atoms with Crippen LogP contribution in [-0.2, 0) is 16.6 Å². The summed E-state index contributed by atoms with van der Waals surface area (Å²) < 4.78 is 50.8. The molecular formula is C16H14ClFN2O4S. The summed E-state index contributed by atoms with van der Waals surface area (Å²) in [6.45, 7) is 3.48. The molecule has 1 N–H and O–H groups in total. The minimum absolute atomic E-state index is 0.0687. The highest BCUT2D eigenvalue weighted by Gasteiger charge is 2.18. The number of halogens is 2. The third-order valence-corrected chi connectivity index (χ3v) is 5.27. The van der Waals surface area contributed by atoms with E-state index in [9.17, 15) is 12.8 Å². The number of furan rings is 1. The molecule has 2 heterocycles. The smallest absolute Gasteiger partial charge is 0.241 e. The molecule has 0 saturated carbocycles. The number of rotatable bonds is 5. The van der Waals surface area contributed by atoms with Crippen molar-refractivity contribution in [3.63, 3.8) is 0 Å². The molecule has 1 aromatic carbocycles. The molecule has 9 heteroatoms. The van der Waals surface area contributed by atoms with Crippen LogP contribution in [0.5, 0.6) is 0 Å². The summed E-state index contributed by atoms with van der Waals surface area (Å²) >= 11 is 5.63. The number of benzene rings is 1. The monoisotopic (exact) mass is 384 g/mol. The maximum Gasteiger partial charge on any atom is 0.241 e. The second kappa shape index (κ2) is 6.62. The van der Waals surface area contributed by atoms with Crippen LogP contribution in [0.2, 0.25) is 5.02 Å². The van der Waals surface area contributed by atoms with Crippen molar-refractivity contribution < 1.29 is 21.7 Å². The predicted molar refractivity (Wildman–Crippen MR) is 89.1 cm³/mol. The van der Waals surface area contributed by atoms with E-state index >= 15 is 0 Å². The van der Waals surface area contributed by atoms with Crippen LogP contribution in [0.4, 0.5) is 4.39 Å². The fourth-order valence-electron chi connectivity index (χ4n) is 2.34. The Labute approximate surface area is 148 Å². The SMILES string of the molecule is Cc1noc(C)c1-c1ccc(CNS(=O)(=O)c2ccc(F)c(Cl)c2)o1. The summed E-state index contributed by atoms with van der Waals surface area (Å²) in [6, 6.07) is 6.56. The quantitative estimate of drug-likeness (QED) is 0.722. The molecule has 0 fully saturated rings. The number of sulfonamides is 1. The molecule has 0 atom stereocenters. The Bertz CT molecular complexity index is 1010. The second-order valence-corrected chi connectivity index (χ2v) is 7.54. The molecule has 3 aromatic rings. The molecule has 3 rings (SSSR count). The Balaban J connectivity index is 1.77. The molecule has 0 aliphatic carbocycles. The lowest BCUT2D eigenvalue weighted by Gasteiger charge is -2.06. The Morgan fingerprint density at radius 1 is 1.24 bits per heavy atom. The molecule has 0 spiro atoms. The van der Waals surface area contributed by atoms with Crippen molar-refractivity contribution in [1.82, 2.24) is 9.88 Å². The predicted octanol–water partition coefficient (Wildman–Crippen LogP) is 3.82. The highest BCUT2D eigenvalue weighted by molar-refractivity contribution is 7.89. The molecule has 0 radical (unpaired) electrons. The second-order valence-electron chi connectivity index (χ2n) is 5.37. The van der Waals surface area contributed by atoms with E-state index in [-0.39, 0.29) is 16.5 Å². The van der Waals surface area contributed by atoms with Gasteiger partial charge in [-0.15, -0.1) is 0 Å². The lowest BCUT2D eigenvalue weighted by atomic mass is 10.1. The molecule has 0 aliphatic rings. The molecule has 2 aromatic heterocycles. The van der Waals surface area contributed by atoms with Crippen LogP contribution < -0.4 is 4.72 Å². The molecule has 132 valence electrons. The van der Waals surface area contributed by atoms with E-state index in [4.69, 9.17) is 20.5 Å². The number of hydrogen-bond donors (Lipinski definition) is 1. The van der Waals surface area contributed by atoms with Gasteiger partial charge in [0, 0.05) is 0 Å². The van der Waals surface area contributed by atoms with Gasteiger partial charge in [-0.2, -0.15) is 0 Å². The third kappa shape index (κ3) is 3.60. The van der Waals surface area contributed by atoms with Crippen LogP contribution in [0.1, 0.15) is 17.2 Å². The summed E-state index contributed by atoms with van der Waals surface area (Å²) in [5, 5.41) is 3.59. The highest BCUT2D eigenvalue weighted by atomic mass is 35.5. The standard InChI is InChI=1S/C16H14ClFN2O4S/c1-9-16(10(2)24-20-9)15-6-3-11(23-15)8-19-25(21,22)12-4-5-14(18)13(17)7-12/h3-7,19H,8H2,1-2H3. The number of hydrogen-bond acceptors (Lipinski definition) is 5. The maximum absolute atomic E-state index is 13.2. The summed E-state index contributed by atoms with van der Waals surface area (Å²) in [4.78, 5) is -0.128. The van der Waals surface area contributed by atoms with Crippen molar-refractivity contribution in [3.05, 3.63) is 58.4 Å². The van der Waals surface area contributed by atoms with E-state index in [1.54, 1.807) is 26.0 Å². The lowest BCUT2D eigenvalue weighted by Crippen LogP contribution is -2.23. The van der Waals surface area contributed by atoms with Gasteiger partial charge in [-0.05, 0) is 44.2 Å². The van der Waals surface area contributed by atoms with Crippen LogP contribution >= 0.6 is 11.6 Å². The van der Waals surface area contributed by atoms with Gasteiger partial charge in [-0.1, -0.05) is 16.8 Å². The molecule has 0 bridgehead atoms. The van der Waals surface area contributed by atoms with E-state index in [1.165, 1.54) is 0 Å². The number of aryl methyl sites for hydroxylation is 2. The molecule has 0 amide bonds. The number of nitrogens with zero attached hydrogens (tertiary/aromatic N) is 1. The third-order valence-electron chi connectivity index (χ3n) is 3.58. The van der Waals surface area contributed by atoms with Crippen molar-refractivity contribution >= 4 is 21.6 Å². The van der Waals surface area contributed by atoms with Crippen LogP contribution in [0.25, 0.3) is 11.3 Å². The van der Waals surface area contributed by atoms with Crippen molar-refractivity contribution in [3.8, 4) is 11.3 Å². The maximum atomic E-state index is 13.2.